The summed E-state index contributed by atoms with van der Waals surface area (Å²) in [6.45, 7) is 9.18. The van der Waals surface area contributed by atoms with Crippen molar-refractivity contribution in [3.05, 3.63) is 0 Å². The Morgan fingerprint density at radius 1 is 1.28 bits per heavy atom. The first-order chi connectivity index (χ1) is 8.90. The van der Waals surface area contributed by atoms with Gasteiger partial charge in [-0.3, -0.25) is 4.90 Å². The van der Waals surface area contributed by atoms with Gasteiger partial charge in [-0.2, -0.15) is 0 Å². The van der Waals surface area contributed by atoms with Gasteiger partial charge in [0, 0.05) is 32.3 Å². The van der Waals surface area contributed by atoms with Crippen molar-refractivity contribution in [3.63, 3.8) is 0 Å². The van der Waals surface area contributed by atoms with E-state index in [0.29, 0.717) is 12.1 Å². The Hall–Kier alpha value is -0.160. The zero-order valence-electron chi connectivity index (χ0n) is 11.7. The summed E-state index contributed by atoms with van der Waals surface area (Å²) in [4.78, 5) is 2.56. The normalized spacial score (nSPS) is 30.5. The molecule has 4 heteroatoms. The molecule has 0 spiro atoms. The molecule has 2 rings (SSSR count). The van der Waals surface area contributed by atoms with Gasteiger partial charge in [0.05, 0.1) is 19.3 Å². The Kier molecular flexibility index (Phi) is 6.41. The van der Waals surface area contributed by atoms with Crippen molar-refractivity contribution in [2.75, 3.05) is 46.0 Å². The van der Waals surface area contributed by atoms with E-state index in [1.54, 1.807) is 0 Å². The molecule has 2 aliphatic rings. The van der Waals surface area contributed by atoms with E-state index in [1.807, 2.05) is 0 Å². The summed E-state index contributed by atoms with van der Waals surface area (Å²) >= 11 is 0. The quantitative estimate of drug-likeness (QED) is 0.725. The summed E-state index contributed by atoms with van der Waals surface area (Å²) in [7, 11) is 0. The van der Waals surface area contributed by atoms with E-state index in [4.69, 9.17) is 9.47 Å². The van der Waals surface area contributed by atoms with Gasteiger partial charge in [-0.15, -0.1) is 0 Å². The summed E-state index contributed by atoms with van der Waals surface area (Å²) in [6.07, 6.45) is 5.44. The molecule has 18 heavy (non-hydrogen) atoms. The monoisotopic (exact) mass is 256 g/mol. The molecule has 0 aromatic rings. The van der Waals surface area contributed by atoms with Crippen LogP contribution in [0.15, 0.2) is 0 Å². The van der Waals surface area contributed by atoms with E-state index < -0.39 is 0 Å². The lowest BCUT2D eigenvalue weighted by atomic mass is 10.1. The SMILES string of the molecule is CCCNCC1COCCN1CC1CCCCO1. The van der Waals surface area contributed by atoms with Crippen molar-refractivity contribution < 1.29 is 9.47 Å². The number of nitrogens with one attached hydrogen (secondary N) is 1. The topological polar surface area (TPSA) is 33.7 Å². The molecule has 0 saturated carbocycles. The minimum atomic E-state index is 0.450. The molecule has 0 aromatic heterocycles. The summed E-state index contributed by atoms with van der Waals surface area (Å²) in [5, 5.41) is 3.51. The van der Waals surface area contributed by atoms with Gasteiger partial charge in [0.2, 0.25) is 0 Å². The first-order valence-corrected chi connectivity index (χ1v) is 7.54. The molecule has 0 amide bonds. The van der Waals surface area contributed by atoms with Crippen LogP contribution in [0.25, 0.3) is 0 Å². The van der Waals surface area contributed by atoms with Crippen LogP contribution in [-0.2, 0) is 9.47 Å². The van der Waals surface area contributed by atoms with Gasteiger partial charge in [-0.05, 0) is 32.2 Å². The largest absolute Gasteiger partial charge is 0.378 e. The lowest BCUT2D eigenvalue weighted by Crippen LogP contribution is -2.53. The first kappa shape index (κ1) is 14.3. The fraction of sp³-hybridized carbons (Fsp3) is 1.00. The van der Waals surface area contributed by atoms with Crippen LogP contribution >= 0.6 is 0 Å². The van der Waals surface area contributed by atoms with Crippen molar-refractivity contribution in [1.82, 2.24) is 10.2 Å². The molecule has 0 radical (unpaired) electrons. The second-order valence-electron chi connectivity index (χ2n) is 5.42. The number of morpholine rings is 1. The lowest BCUT2D eigenvalue weighted by Gasteiger charge is -2.38. The molecule has 2 atom stereocenters. The maximum atomic E-state index is 5.85. The molecule has 2 fully saturated rings. The van der Waals surface area contributed by atoms with Crippen molar-refractivity contribution in [2.24, 2.45) is 0 Å². The molecule has 4 nitrogen and oxygen atoms in total. The van der Waals surface area contributed by atoms with Crippen molar-refractivity contribution in [2.45, 2.75) is 44.8 Å². The van der Waals surface area contributed by atoms with E-state index in [9.17, 15) is 0 Å². The Bertz CT molecular complexity index is 220. The average molecular weight is 256 g/mol. The summed E-state index contributed by atoms with van der Waals surface area (Å²) in [5.41, 5.74) is 0. The standard InChI is InChI=1S/C14H28N2O2/c1-2-6-15-10-13-12-17-9-7-16(13)11-14-5-3-4-8-18-14/h13-15H,2-12H2,1H3. The van der Waals surface area contributed by atoms with Crippen molar-refractivity contribution >= 4 is 0 Å². The second-order valence-corrected chi connectivity index (χ2v) is 5.42. The van der Waals surface area contributed by atoms with Gasteiger partial charge in [0.15, 0.2) is 0 Å². The van der Waals surface area contributed by atoms with Crippen molar-refractivity contribution in [1.29, 1.82) is 0 Å². The Labute approximate surface area is 111 Å². The van der Waals surface area contributed by atoms with Crippen LogP contribution in [0, 0.1) is 0 Å². The molecule has 2 heterocycles. The fourth-order valence-corrected chi connectivity index (χ4v) is 2.78. The first-order valence-electron chi connectivity index (χ1n) is 7.54. The number of hydrogen-bond acceptors (Lipinski definition) is 4. The second kappa shape index (κ2) is 8.10. The molecular formula is C14H28N2O2. The van der Waals surface area contributed by atoms with Crippen LogP contribution < -0.4 is 5.32 Å². The zero-order valence-corrected chi connectivity index (χ0v) is 11.7. The number of ether oxygens (including phenoxy) is 2. The molecule has 1 N–H and O–H groups in total. The van der Waals surface area contributed by atoms with Crippen LogP contribution in [0.2, 0.25) is 0 Å². The predicted octanol–water partition coefficient (Wildman–Crippen LogP) is 1.26. The zero-order chi connectivity index (χ0) is 12.6. The summed E-state index contributed by atoms with van der Waals surface area (Å²) < 4.78 is 11.5. The lowest BCUT2D eigenvalue weighted by molar-refractivity contribution is -0.0540. The van der Waals surface area contributed by atoms with Crippen LogP contribution in [0.3, 0.4) is 0 Å². The van der Waals surface area contributed by atoms with Gasteiger partial charge >= 0.3 is 0 Å². The van der Waals surface area contributed by atoms with Crippen LogP contribution in [0.1, 0.15) is 32.6 Å². The Balaban J connectivity index is 1.75. The number of hydrogen-bond donors (Lipinski definition) is 1. The number of rotatable bonds is 6. The smallest absolute Gasteiger partial charge is 0.0702 e. The van der Waals surface area contributed by atoms with Crippen molar-refractivity contribution in [3.8, 4) is 0 Å². The van der Waals surface area contributed by atoms with E-state index in [2.05, 4.69) is 17.1 Å². The van der Waals surface area contributed by atoms with Gasteiger partial charge < -0.3 is 14.8 Å². The highest BCUT2D eigenvalue weighted by Crippen LogP contribution is 2.16. The molecule has 106 valence electrons. The Morgan fingerprint density at radius 3 is 3.00 bits per heavy atom. The average Bonchev–Trinajstić information content (AvgIpc) is 2.42. The molecule has 0 aliphatic carbocycles. The highest BCUT2D eigenvalue weighted by atomic mass is 16.5. The molecule has 2 saturated heterocycles. The maximum Gasteiger partial charge on any atom is 0.0702 e. The van der Waals surface area contributed by atoms with Gasteiger partial charge in [0.25, 0.3) is 0 Å². The maximum absolute atomic E-state index is 5.85. The van der Waals surface area contributed by atoms with Crippen LogP contribution in [0.4, 0.5) is 0 Å². The summed E-state index contributed by atoms with van der Waals surface area (Å²) in [5.74, 6) is 0. The third-order valence-corrected chi connectivity index (χ3v) is 3.87. The van der Waals surface area contributed by atoms with E-state index in [0.717, 1.165) is 46.0 Å². The predicted molar refractivity (Wildman–Crippen MR) is 72.9 cm³/mol. The van der Waals surface area contributed by atoms with Gasteiger partial charge in [-0.1, -0.05) is 6.92 Å². The molecule has 2 unspecified atom stereocenters. The highest BCUT2D eigenvalue weighted by Gasteiger charge is 2.26. The fourth-order valence-electron chi connectivity index (χ4n) is 2.78. The van der Waals surface area contributed by atoms with Gasteiger partial charge in [-0.25, -0.2) is 0 Å². The summed E-state index contributed by atoms with van der Waals surface area (Å²) in [6, 6.07) is 0.524. The van der Waals surface area contributed by atoms with E-state index in [-0.39, 0.29) is 0 Å². The number of nitrogens with zero attached hydrogens (tertiary/aromatic N) is 1. The van der Waals surface area contributed by atoms with Crippen LogP contribution in [-0.4, -0.2) is 63.0 Å². The minimum Gasteiger partial charge on any atom is -0.378 e. The highest BCUT2D eigenvalue weighted by molar-refractivity contribution is 4.80. The van der Waals surface area contributed by atoms with Gasteiger partial charge in [0.1, 0.15) is 0 Å². The molecular weight excluding hydrogens is 228 g/mol. The third-order valence-electron chi connectivity index (χ3n) is 3.87. The van der Waals surface area contributed by atoms with E-state index >= 15 is 0 Å². The van der Waals surface area contributed by atoms with E-state index in [1.165, 1.54) is 25.7 Å². The van der Waals surface area contributed by atoms with Crippen LogP contribution in [0.5, 0.6) is 0 Å². The molecule has 0 bridgehead atoms. The molecule has 2 aliphatic heterocycles. The molecule has 0 aromatic carbocycles. The third kappa shape index (κ3) is 4.50. The minimum absolute atomic E-state index is 0.450. The Morgan fingerprint density at radius 2 is 2.22 bits per heavy atom.